The lowest BCUT2D eigenvalue weighted by Crippen LogP contribution is -2.41. The Kier molecular flexibility index (Phi) is 7.38. The molecule has 7 nitrogen and oxygen atoms in total. The van der Waals surface area contributed by atoms with Gasteiger partial charge in [-0.1, -0.05) is 32.0 Å². The molecule has 4 rings (SSSR count). The molecule has 0 saturated carbocycles. The van der Waals surface area contributed by atoms with E-state index >= 15 is 0 Å². The van der Waals surface area contributed by atoms with Crippen LogP contribution in [0.25, 0.3) is 0 Å². The SMILES string of the molecule is CC(C)CNC(=O)c1ccccc1NC(=O)C1CCN(S(=O)(=O)c2ccc3c(c2)CCC3)CC1. The van der Waals surface area contributed by atoms with E-state index in [4.69, 9.17) is 0 Å². The maximum atomic E-state index is 13.2. The van der Waals surface area contributed by atoms with Gasteiger partial charge in [0, 0.05) is 25.6 Å². The average Bonchev–Trinajstić information content (AvgIpc) is 3.31. The van der Waals surface area contributed by atoms with Crippen LogP contribution in [0.4, 0.5) is 5.69 Å². The molecule has 0 bridgehead atoms. The summed E-state index contributed by atoms with van der Waals surface area (Å²) in [5, 5.41) is 5.78. The molecule has 0 unspecified atom stereocenters. The van der Waals surface area contributed by atoms with Gasteiger partial charge in [-0.2, -0.15) is 4.31 Å². The van der Waals surface area contributed by atoms with Crippen molar-refractivity contribution in [2.24, 2.45) is 11.8 Å². The Morgan fingerprint density at radius 1 is 1.03 bits per heavy atom. The van der Waals surface area contributed by atoms with Crippen molar-refractivity contribution in [3.8, 4) is 0 Å². The molecule has 182 valence electrons. The van der Waals surface area contributed by atoms with E-state index in [1.54, 1.807) is 30.3 Å². The van der Waals surface area contributed by atoms with Crippen LogP contribution in [0, 0.1) is 11.8 Å². The van der Waals surface area contributed by atoms with E-state index in [1.807, 2.05) is 26.0 Å². The van der Waals surface area contributed by atoms with E-state index in [1.165, 1.54) is 9.87 Å². The third-order valence-corrected chi connectivity index (χ3v) is 8.53. The maximum absolute atomic E-state index is 13.2. The smallest absolute Gasteiger partial charge is 0.253 e. The lowest BCUT2D eigenvalue weighted by atomic mass is 9.97. The van der Waals surface area contributed by atoms with Gasteiger partial charge in [0.1, 0.15) is 0 Å². The summed E-state index contributed by atoms with van der Waals surface area (Å²) in [7, 11) is -3.57. The molecule has 0 spiro atoms. The van der Waals surface area contributed by atoms with Crippen LogP contribution in [0.3, 0.4) is 0 Å². The van der Waals surface area contributed by atoms with Gasteiger partial charge in [-0.05, 0) is 73.4 Å². The summed E-state index contributed by atoms with van der Waals surface area (Å²) in [5.41, 5.74) is 3.27. The topological polar surface area (TPSA) is 95.6 Å². The van der Waals surface area contributed by atoms with Gasteiger partial charge >= 0.3 is 0 Å². The summed E-state index contributed by atoms with van der Waals surface area (Å²) in [5.74, 6) is -0.388. The molecule has 1 aliphatic heterocycles. The standard InChI is InChI=1S/C26H33N3O4S/c1-18(2)17-27-26(31)23-8-3-4-9-24(23)28-25(30)20-12-14-29(15-13-20)34(32,33)22-11-10-19-6-5-7-21(19)16-22/h3-4,8-11,16,18,20H,5-7,12-15,17H2,1-2H3,(H,27,31)(H,28,30). The van der Waals surface area contributed by atoms with Gasteiger partial charge in [0.25, 0.3) is 5.91 Å². The molecule has 2 aliphatic rings. The lowest BCUT2D eigenvalue weighted by molar-refractivity contribution is -0.120. The van der Waals surface area contributed by atoms with Gasteiger partial charge in [-0.3, -0.25) is 9.59 Å². The van der Waals surface area contributed by atoms with Gasteiger partial charge in [0.15, 0.2) is 0 Å². The Hall–Kier alpha value is -2.71. The summed E-state index contributed by atoms with van der Waals surface area (Å²) in [4.78, 5) is 25.8. The molecule has 2 amide bonds. The minimum Gasteiger partial charge on any atom is -0.352 e. The zero-order chi connectivity index (χ0) is 24.3. The highest BCUT2D eigenvalue weighted by Crippen LogP contribution is 2.29. The number of nitrogens with one attached hydrogen (secondary N) is 2. The fourth-order valence-electron chi connectivity index (χ4n) is 4.63. The largest absolute Gasteiger partial charge is 0.352 e. The van der Waals surface area contributed by atoms with Crippen LogP contribution in [-0.4, -0.2) is 44.2 Å². The number of nitrogens with zero attached hydrogens (tertiary/aromatic N) is 1. The second-order valence-electron chi connectivity index (χ2n) is 9.60. The molecule has 8 heteroatoms. The molecular formula is C26H33N3O4S. The van der Waals surface area contributed by atoms with Gasteiger partial charge in [0.2, 0.25) is 15.9 Å². The van der Waals surface area contributed by atoms with Crippen molar-refractivity contribution in [3.05, 3.63) is 59.2 Å². The Balaban J connectivity index is 1.38. The number of aryl methyl sites for hydroxylation is 2. The normalized spacial score (nSPS) is 16.9. The van der Waals surface area contributed by atoms with E-state index in [0.717, 1.165) is 24.8 Å². The fraction of sp³-hybridized carbons (Fsp3) is 0.462. The Morgan fingerprint density at radius 3 is 2.47 bits per heavy atom. The van der Waals surface area contributed by atoms with Crippen LogP contribution < -0.4 is 10.6 Å². The highest BCUT2D eigenvalue weighted by atomic mass is 32.2. The molecule has 1 heterocycles. The quantitative estimate of drug-likeness (QED) is 0.629. The predicted molar refractivity (Wildman–Crippen MR) is 132 cm³/mol. The minimum atomic E-state index is -3.57. The molecule has 0 radical (unpaired) electrons. The number of sulfonamides is 1. The highest BCUT2D eigenvalue weighted by Gasteiger charge is 2.33. The van der Waals surface area contributed by atoms with E-state index in [0.29, 0.717) is 54.5 Å². The van der Waals surface area contributed by atoms with Crippen LogP contribution in [0.15, 0.2) is 47.4 Å². The number of piperidine rings is 1. The molecule has 2 N–H and O–H groups in total. The first kappa shape index (κ1) is 24.4. The molecule has 2 aromatic rings. The number of anilines is 1. The molecule has 2 aromatic carbocycles. The third-order valence-electron chi connectivity index (χ3n) is 6.63. The molecule has 34 heavy (non-hydrogen) atoms. The molecule has 1 aliphatic carbocycles. The number of benzene rings is 2. The number of hydrogen-bond acceptors (Lipinski definition) is 4. The van der Waals surface area contributed by atoms with Crippen molar-refractivity contribution >= 4 is 27.5 Å². The van der Waals surface area contributed by atoms with Crippen molar-refractivity contribution < 1.29 is 18.0 Å². The van der Waals surface area contributed by atoms with Gasteiger partial charge in [-0.25, -0.2) is 8.42 Å². The number of hydrogen-bond donors (Lipinski definition) is 2. The van der Waals surface area contributed by atoms with Crippen molar-refractivity contribution in [3.63, 3.8) is 0 Å². The summed E-state index contributed by atoms with van der Waals surface area (Å²) >= 11 is 0. The second-order valence-corrected chi connectivity index (χ2v) is 11.5. The van der Waals surface area contributed by atoms with Gasteiger partial charge in [-0.15, -0.1) is 0 Å². The monoisotopic (exact) mass is 483 g/mol. The summed E-state index contributed by atoms with van der Waals surface area (Å²) < 4.78 is 27.8. The van der Waals surface area contributed by atoms with E-state index < -0.39 is 10.0 Å². The van der Waals surface area contributed by atoms with Gasteiger partial charge < -0.3 is 10.6 Å². The number of carbonyl (C=O) groups excluding carboxylic acids is 2. The Labute approximate surface area is 202 Å². The fourth-order valence-corrected chi connectivity index (χ4v) is 6.15. The molecule has 0 atom stereocenters. The third kappa shape index (κ3) is 5.33. The lowest BCUT2D eigenvalue weighted by Gasteiger charge is -2.30. The molecule has 0 aromatic heterocycles. The second kappa shape index (κ2) is 10.3. The van der Waals surface area contributed by atoms with Crippen molar-refractivity contribution in [2.75, 3.05) is 25.0 Å². The number of para-hydroxylation sites is 1. The maximum Gasteiger partial charge on any atom is 0.253 e. The van der Waals surface area contributed by atoms with Crippen molar-refractivity contribution in [2.45, 2.75) is 50.8 Å². The molecular weight excluding hydrogens is 450 g/mol. The number of carbonyl (C=O) groups is 2. The molecule has 1 saturated heterocycles. The van der Waals surface area contributed by atoms with E-state index in [-0.39, 0.29) is 17.7 Å². The first-order chi connectivity index (χ1) is 16.3. The number of fused-ring (bicyclic) bond motifs is 1. The number of rotatable bonds is 7. The Bertz CT molecular complexity index is 1170. The van der Waals surface area contributed by atoms with Crippen LogP contribution in [0.5, 0.6) is 0 Å². The minimum absolute atomic E-state index is 0.182. The van der Waals surface area contributed by atoms with Crippen LogP contribution in [0.1, 0.15) is 54.6 Å². The summed E-state index contributed by atoms with van der Waals surface area (Å²) in [6.07, 6.45) is 3.90. The average molecular weight is 484 g/mol. The van der Waals surface area contributed by atoms with Crippen molar-refractivity contribution in [1.29, 1.82) is 0 Å². The number of amides is 2. The zero-order valence-corrected chi connectivity index (χ0v) is 20.7. The zero-order valence-electron chi connectivity index (χ0n) is 19.8. The summed E-state index contributed by atoms with van der Waals surface area (Å²) in [6, 6.07) is 12.4. The van der Waals surface area contributed by atoms with E-state index in [2.05, 4.69) is 10.6 Å². The van der Waals surface area contributed by atoms with E-state index in [9.17, 15) is 18.0 Å². The Morgan fingerprint density at radius 2 is 1.74 bits per heavy atom. The van der Waals surface area contributed by atoms with Gasteiger partial charge in [0.05, 0.1) is 16.1 Å². The predicted octanol–water partition coefficient (Wildman–Crippen LogP) is 3.60. The first-order valence-electron chi connectivity index (χ1n) is 12.1. The summed E-state index contributed by atoms with van der Waals surface area (Å²) in [6.45, 7) is 5.19. The van der Waals surface area contributed by atoms with Crippen LogP contribution in [0.2, 0.25) is 0 Å². The van der Waals surface area contributed by atoms with Crippen molar-refractivity contribution in [1.82, 2.24) is 9.62 Å². The van der Waals surface area contributed by atoms with Crippen LogP contribution >= 0.6 is 0 Å². The molecule has 1 fully saturated rings. The highest BCUT2D eigenvalue weighted by molar-refractivity contribution is 7.89. The first-order valence-corrected chi connectivity index (χ1v) is 13.5. The van der Waals surface area contributed by atoms with Crippen LogP contribution in [-0.2, 0) is 27.7 Å².